The molecule has 2 aromatic carbocycles. The predicted octanol–water partition coefficient (Wildman–Crippen LogP) is 5.07. The van der Waals surface area contributed by atoms with E-state index in [9.17, 15) is 14.4 Å². The molecular formula is C36H42FN5O5. The van der Waals surface area contributed by atoms with Crippen molar-refractivity contribution in [2.75, 3.05) is 29.4 Å². The average Bonchev–Trinajstić information content (AvgIpc) is 3.50. The Balaban J connectivity index is 1.01. The van der Waals surface area contributed by atoms with Gasteiger partial charge >= 0.3 is 0 Å². The van der Waals surface area contributed by atoms with Crippen molar-refractivity contribution < 1.29 is 28.0 Å². The van der Waals surface area contributed by atoms with Crippen LogP contribution in [0.15, 0.2) is 34.9 Å². The molecule has 2 saturated heterocycles. The monoisotopic (exact) mass is 643 g/mol. The molecule has 4 heterocycles. The van der Waals surface area contributed by atoms with E-state index in [0.29, 0.717) is 41.9 Å². The number of imide groups is 1. The number of ether oxygens (including phenoxy) is 1. The van der Waals surface area contributed by atoms with Gasteiger partial charge in [-0.1, -0.05) is 24.2 Å². The zero-order chi connectivity index (χ0) is 33.1. The van der Waals surface area contributed by atoms with Gasteiger partial charge in [-0.3, -0.25) is 19.7 Å². The molecule has 11 heteroatoms. The van der Waals surface area contributed by atoms with Crippen LogP contribution < -0.4 is 15.1 Å². The van der Waals surface area contributed by atoms with Crippen molar-refractivity contribution in [1.29, 1.82) is 0 Å². The highest BCUT2D eigenvalue weighted by molar-refractivity contribution is 6.05. The number of fused-ring (bicyclic) bond motifs is 1. The Bertz CT molecular complexity index is 1730. The van der Waals surface area contributed by atoms with E-state index >= 15 is 4.39 Å². The number of piperidine rings is 1. The zero-order valence-electron chi connectivity index (χ0n) is 27.6. The Kier molecular flexibility index (Phi) is 8.06. The molecule has 1 N–H and O–H groups in total. The molecule has 3 fully saturated rings. The van der Waals surface area contributed by atoms with Gasteiger partial charge in [0.15, 0.2) is 0 Å². The van der Waals surface area contributed by atoms with Crippen LogP contribution >= 0.6 is 0 Å². The van der Waals surface area contributed by atoms with Crippen LogP contribution in [0.4, 0.5) is 15.8 Å². The van der Waals surface area contributed by atoms with E-state index < -0.39 is 17.8 Å². The highest BCUT2D eigenvalue weighted by atomic mass is 19.1. The number of nitrogens with zero attached hydrogens (tertiary/aromatic N) is 4. The second-order valence-corrected chi connectivity index (χ2v) is 13.8. The van der Waals surface area contributed by atoms with Crippen LogP contribution in [0.5, 0.6) is 0 Å². The molecule has 47 heavy (non-hydrogen) atoms. The molecule has 3 aliphatic heterocycles. The minimum atomic E-state index is -0.730. The Morgan fingerprint density at radius 3 is 2.55 bits per heavy atom. The van der Waals surface area contributed by atoms with Crippen LogP contribution in [0.3, 0.4) is 0 Å². The maximum Gasteiger partial charge on any atom is 0.255 e. The number of hydrogen-bond acceptors (Lipinski definition) is 8. The Morgan fingerprint density at radius 2 is 1.89 bits per heavy atom. The minimum Gasteiger partial charge on any atom is -0.370 e. The first kappa shape index (κ1) is 31.4. The number of carbonyl (C=O) groups excluding carboxylic acids is 3. The third-order valence-corrected chi connectivity index (χ3v) is 10.5. The summed E-state index contributed by atoms with van der Waals surface area (Å²) in [5.41, 5.74) is 6.74. The summed E-state index contributed by atoms with van der Waals surface area (Å²) < 4.78 is 27.3. The van der Waals surface area contributed by atoms with Crippen LogP contribution in [-0.4, -0.2) is 71.7 Å². The number of halogens is 1. The van der Waals surface area contributed by atoms with Crippen LogP contribution in [0.1, 0.15) is 72.5 Å². The van der Waals surface area contributed by atoms with E-state index in [0.717, 1.165) is 35.5 Å². The number of hydrogen-bond donors (Lipinski definition) is 1. The lowest BCUT2D eigenvalue weighted by molar-refractivity contribution is -0.136. The molecule has 7 rings (SSSR count). The first-order valence-corrected chi connectivity index (χ1v) is 16.7. The molecule has 3 unspecified atom stereocenters. The molecule has 0 spiro atoms. The summed E-state index contributed by atoms with van der Waals surface area (Å²) in [7, 11) is 0. The SMILES string of the molecule is Cc1ccc(-c2c(C)noc2C)cc1N(CC(C)OC1CN(c2cc3c(cc2F)CN(C2CCC(=O)NC2=O)C3=O)C1)[C@@H]1CCC1C. The van der Waals surface area contributed by atoms with Crippen molar-refractivity contribution in [3.63, 3.8) is 0 Å². The minimum absolute atomic E-state index is 0.0643. The maximum atomic E-state index is 15.3. The highest BCUT2D eigenvalue weighted by Crippen LogP contribution is 2.39. The standard InChI is InChI=1S/C36H42FN5O5/c1-19-7-9-29(19)41(31-13-24(8-6-20(31)2)34-22(4)39-47-23(34)5)15-21(3)46-26-17-40(18-26)32-14-27-25(12-28(32)37)16-42(36(27)45)30-10-11-33(43)38-35(30)44/h6,8,12-14,19,21,26,29-30H,7,9-11,15-18H2,1-5H3,(H,38,43,44)/t19?,21?,29-,30?/m1/s1. The van der Waals surface area contributed by atoms with E-state index in [-0.39, 0.29) is 43.4 Å². The van der Waals surface area contributed by atoms with Crippen molar-refractivity contribution in [3.05, 3.63) is 64.3 Å². The average molecular weight is 644 g/mol. The van der Waals surface area contributed by atoms with Crippen molar-refractivity contribution in [3.8, 4) is 11.1 Å². The molecule has 10 nitrogen and oxygen atoms in total. The molecule has 4 atom stereocenters. The van der Waals surface area contributed by atoms with E-state index in [4.69, 9.17) is 9.26 Å². The molecule has 3 amide bonds. The number of carbonyl (C=O) groups is 3. The van der Waals surface area contributed by atoms with E-state index in [1.807, 2.05) is 18.7 Å². The number of aryl methyl sites for hydroxylation is 3. The maximum absolute atomic E-state index is 15.3. The van der Waals surface area contributed by atoms with Gasteiger partial charge < -0.3 is 24.0 Å². The second kappa shape index (κ2) is 12.1. The quantitative estimate of drug-likeness (QED) is 0.323. The van der Waals surface area contributed by atoms with Gasteiger partial charge in [0.2, 0.25) is 11.8 Å². The van der Waals surface area contributed by atoms with Crippen molar-refractivity contribution in [1.82, 2.24) is 15.4 Å². The van der Waals surface area contributed by atoms with E-state index in [1.165, 1.54) is 28.6 Å². The Morgan fingerprint density at radius 1 is 1.11 bits per heavy atom. The van der Waals surface area contributed by atoms with Gasteiger partial charge in [-0.05, 0) is 87.8 Å². The molecule has 0 bridgehead atoms. The van der Waals surface area contributed by atoms with E-state index in [1.54, 1.807) is 6.07 Å². The summed E-state index contributed by atoms with van der Waals surface area (Å²) in [6.07, 6.45) is 2.66. The molecule has 0 radical (unpaired) electrons. The zero-order valence-corrected chi connectivity index (χ0v) is 27.6. The molecule has 1 aliphatic carbocycles. The predicted molar refractivity (Wildman–Crippen MR) is 175 cm³/mol. The molecule has 4 aliphatic rings. The van der Waals surface area contributed by atoms with Gasteiger partial charge in [0, 0.05) is 55.5 Å². The number of benzene rings is 2. The molecule has 1 saturated carbocycles. The molecule has 3 aromatic rings. The lowest BCUT2D eigenvalue weighted by atomic mass is 9.79. The number of amides is 3. The van der Waals surface area contributed by atoms with Crippen LogP contribution in [0.2, 0.25) is 0 Å². The fourth-order valence-corrected chi connectivity index (χ4v) is 7.68. The third-order valence-electron chi connectivity index (χ3n) is 10.5. The van der Waals surface area contributed by atoms with Gasteiger partial charge in [0.05, 0.1) is 23.6 Å². The summed E-state index contributed by atoms with van der Waals surface area (Å²) in [5.74, 6) is -0.129. The van der Waals surface area contributed by atoms with Crippen molar-refractivity contribution >= 4 is 29.1 Å². The Hall–Kier alpha value is -4.25. The molecule has 248 valence electrons. The van der Waals surface area contributed by atoms with Crippen molar-refractivity contribution in [2.45, 2.75) is 91.1 Å². The third kappa shape index (κ3) is 5.68. The fourth-order valence-electron chi connectivity index (χ4n) is 7.68. The van der Waals surface area contributed by atoms with Gasteiger partial charge in [-0.15, -0.1) is 0 Å². The summed E-state index contributed by atoms with van der Waals surface area (Å²) >= 11 is 0. The lowest BCUT2D eigenvalue weighted by Gasteiger charge is -2.47. The lowest BCUT2D eigenvalue weighted by Crippen LogP contribution is -2.55. The summed E-state index contributed by atoms with van der Waals surface area (Å²) in [5, 5.41) is 6.47. The van der Waals surface area contributed by atoms with Crippen LogP contribution in [-0.2, 0) is 20.9 Å². The molecular weight excluding hydrogens is 601 g/mol. The number of rotatable bonds is 9. The number of anilines is 2. The van der Waals surface area contributed by atoms with Crippen LogP contribution in [0, 0.1) is 32.5 Å². The van der Waals surface area contributed by atoms with Gasteiger partial charge in [-0.25, -0.2) is 4.39 Å². The van der Waals surface area contributed by atoms with Crippen molar-refractivity contribution in [2.24, 2.45) is 5.92 Å². The first-order valence-electron chi connectivity index (χ1n) is 16.7. The summed E-state index contributed by atoms with van der Waals surface area (Å²) in [6.45, 7) is 12.4. The Labute approximate surface area is 274 Å². The summed E-state index contributed by atoms with van der Waals surface area (Å²) in [6, 6.07) is 9.26. The van der Waals surface area contributed by atoms with Gasteiger partial charge in [0.1, 0.15) is 17.6 Å². The topological polar surface area (TPSA) is 108 Å². The van der Waals surface area contributed by atoms with Gasteiger partial charge in [0.25, 0.3) is 5.91 Å². The second-order valence-electron chi connectivity index (χ2n) is 13.8. The summed E-state index contributed by atoms with van der Waals surface area (Å²) in [4.78, 5) is 43.1. The largest absolute Gasteiger partial charge is 0.370 e. The van der Waals surface area contributed by atoms with Gasteiger partial charge in [-0.2, -0.15) is 0 Å². The van der Waals surface area contributed by atoms with Crippen LogP contribution in [0.25, 0.3) is 11.1 Å². The first-order chi connectivity index (χ1) is 22.5. The highest BCUT2D eigenvalue weighted by Gasteiger charge is 2.41. The fraction of sp³-hybridized carbons (Fsp3) is 0.500. The molecule has 1 aromatic heterocycles. The number of aromatic nitrogens is 1. The number of nitrogens with one attached hydrogen (secondary N) is 1. The smallest absolute Gasteiger partial charge is 0.255 e. The van der Waals surface area contributed by atoms with E-state index in [2.05, 4.69) is 54.3 Å². The normalized spacial score (nSPS) is 23.4.